The van der Waals surface area contributed by atoms with E-state index in [2.05, 4.69) is 28.1 Å². The lowest BCUT2D eigenvalue weighted by Crippen LogP contribution is -2.44. The number of hydrazine groups is 1. The van der Waals surface area contributed by atoms with E-state index < -0.39 is 0 Å². The monoisotopic (exact) mass is 262 g/mol. The molecule has 2 unspecified atom stereocenters. The van der Waals surface area contributed by atoms with Crippen molar-refractivity contribution in [3.8, 4) is 0 Å². The van der Waals surface area contributed by atoms with Crippen molar-refractivity contribution in [2.24, 2.45) is 0 Å². The zero-order valence-electron chi connectivity index (χ0n) is 11.4. The Morgan fingerprint density at radius 3 is 3.11 bits per heavy atom. The molecule has 104 valence electrons. The van der Waals surface area contributed by atoms with Gasteiger partial charge in [-0.05, 0) is 25.0 Å². The number of rotatable bonds is 6. The minimum Gasteiger partial charge on any atom is -0.354 e. The summed E-state index contributed by atoms with van der Waals surface area (Å²) in [6.45, 7) is 2.79. The minimum absolute atomic E-state index is 0.0713. The molecule has 19 heavy (non-hydrogen) atoms. The summed E-state index contributed by atoms with van der Waals surface area (Å²) in [6.07, 6.45) is 5.64. The fraction of sp³-hybridized carbons (Fsp3) is 0.571. The Bertz CT molecular complexity index is 396. The zero-order valence-corrected chi connectivity index (χ0v) is 11.4. The second kappa shape index (κ2) is 7.21. The molecule has 2 atom stereocenters. The quantitative estimate of drug-likeness (QED) is 0.708. The highest BCUT2D eigenvalue weighted by atomic mass is 16.2. The Kier molecular flexibility index (Phi) is 5.30. The second-order valence-corrected chi connectivity index (χ2v) is 4.92. The fourth-order valence-electron chi connectivity index (χ4n) is 2.31. The molecule has 1 aliphatic rings. The molecule has 1 saturated heterocycles. The number of aromatic nitrogens is 1. The SMILES string of the molecule is CCCC1CC(C(=O)NCCc2ccccn2)NN1. The summed E-state index contributed by atoms with van der Waals surface area (Å²) in [4.78, 5) is 16.2. The predicted octanol–water partition coefficient (Wildman–Crippen LogP) is 0.775. The predicted molar refractivity (Wildman–Crippen MR) is 74.3 cm³/mol. The number of nitrogens with one attached hydrogen (secondary N) is 3. The molecule has 5 nitrogen and oxygen atoms in total. The minimum atomic E-state index is -0.111. The van der Waals surface area contributed by atoms with Gasteiger partial charge in [-0.25, -0.2) is 5.43 Å². The Balaban J connectivity index is 1.68. The van der Waals surface area contributed by atoms with Crippen LogP contribution in [0.2, 0.25) is 0 Å². The second-order valence-electron chi connectivity index (χ2n) is 4.92. The van der Waals surface area contributed by atoms with E-state index in [9.17, 15) is 4.79 Å². The fourth-order valence-corrected chi connectivity index (χ4v) is 2.31. The van der Waals surface area contributed by atoms with Crippen LogP contribution in [0, 0.1) is 0 Å². The third-order valence-electron chi connectivity index (χ3n) is 3.34. The van der Waals surface area contributed by atoms with Gasteiger partial charge in [0.25, 0.3) is 0 Å². The van der Waals surface area contributed by atoms with Crippen molar-refractivity contribution < 1.29 is 4.79 Å². The van der Waals surface area contributed by atoms with Gasteiger partial charge in [-0.15, -0.1) is 0 Å². The number of carbonyl (C=O) groups excluding carboxylic acids is 1. The Labute approximate surface area is 114 Å². The first-order valence-electron chi connectivity index (χ1n) is 6.98. The van der Waals surface area contributed by atoms with Gasteiger partial charge in [0, 0.05) is 30.9 Å². The van der Waals surface area contributed by atoms with Gasteiger partial charge in [-0.1, -0.05) is 19.4 Å². The van der Waals surface area contributed by atoms with Crippen LogP contribution in [-0.2, 0) is 11.2 Å². The molecule has 1 amide bonds. The van der Waals surface area contributed by atoms with Gasteiger partial charge >= 0.3 is 0 Å². The largest absolute Gasteiger partial charge is 0.354 e. The highest BCUT2D eigenvalue weighted by Crippen LogP contribution is 2.10. The average molecular weight is 262 g/mol. The summed E-state index contributed by atoms with van der Waals surface area (Å²) in [7, 11) is 0. The van der Waals surface area contributed by atoms with Crippen LogP contribution < -0.4 is 16.2 Å². The molecular weight excluding hydrogens is 240 g/mol. The van der Waals surface area contributed by atoms with E-state index >= 15 is 0 Å². The van der Waals surface area contributed by atoms with Crippen molar-refractivity contribution in [1.29, 1.82) is 0 Å². The average Bonchev–Trinajstić information content (AvgIpc) is 2.89. The van der Waals surface area contributed by atoms with E-state index in [1.807, 2.05) is 18.2 Å². The molecule has 2 heterocycles. The van der Waals surface area contributed by atoms with Crippen molar-refractivity contribution in [3.05, 3.63) is 30.1 Å². The van der Waals surface area contributed by atoms with E-state index in [4.69, 9.17) is 0 Å². The van der Waals surface area contributed by atoms with Gasteiger partial charge in [0.2, 0.25) is 5.91 Å². The molecule has 0 aliphatic carbocycles. The lowest BCUT2D eigenvalue weighted by atomic mass is 10.1. The summed E-state index contributed by atoms with van der Waals surface area (Å²) in [5.41, 5.74) is 7.24. The third-order valence-corrected chi connectivity index (χ3v) is 3.34. The molecule has 2 rings (SSSR count). The maximum absolute atomic E-state index is 12.0. The molecule has 5 heteroatoms. The molecule has 1 aromatic heterocycles. The van der Waals surface area contributed by atoms with Crippen LogP contribution in [0.25, 0.3) is 0 Å². The van der Waals surface area contributed by atoms with Crippen LogP contribution in [0.1, 0.15) is 31.9 Å². The molecule has 0 bridgehead atoms. The number of nitrogens with zero attached hydrogens (tertiary/aromatic N) is 1. The summed E-state index contributed by atoms with van der Waals surface area (Å²) in [6, 6.07) is 6.13. The lowest BCUT2D eigenvalue weighted by Gasteiger charge is -2.10. The Hall–Kier alpha value is -1.46. The molecular formula is C14H22N4O. The van der Waals surface area contributed by atoms with E-state index in [1.165, 1.54) is 0 Å². The van der Waals surface area contributed by atoms with Crippen LogP contribution in [0.3, 0.4) is 0 Å². The Morgan fingerprint density at radius 2 is 2.37 bits per heavy atom. The smallest absolute Gasteiger partial charge is 0.238 e. The summed E-state index contributed by atoms with van der Waals surface area (Å²) in [5.74, 6) is 0.0713. The van der Waals surface area contributed by atoms with E-state index in [-0.39, 0.29) is 11.9 Å². The highest BCUT2D eigenvalue weighted by molar-refractivity contribution is 5.82. The van der Waals surface area contributed by atoms with Crippen molar-refractivity contribution in [2.45, 2.75) is 44.7 Å². The third kappa shape index (κ3) is 4.29. The van der Waals surface area contributed by atoms with Crippen LogP contribution in [0.15, 0.2) is 24.4 Å². The summed E-state index contributed by atoms with van der Waals surface area (Å²) < 4.78 is 0. The highest BCUT2D eigenvalue weighted by Gasteiger charge is 2.28. The first-order valence-corrected chi connectivity index (χ1v) is 6.98. The van der Waals surface area contributed by atoms with Crippen LogP contribution in [0.5, 0.6) is 0 Å². The van der Waals surface area contributed by atoms with Crippen LogP contribution in [-0.4, -0.2) is 29.5 Å². The van der Waals surface area contributed by atoms with Crippen molar-refractivity contribution >= 4 is 5.91 Å². The topological polar surface area (TPSA) is 66.0 Å². The number of hydrogen-bond donors (Lipinski definition) is 3. The van der Waals surface area contributed by atoms with Crippen molar-refractivity contribution in [1.82, 2.24) is 21.2 Å². The Morgan fingerprint density at radius 1 is 1.47 bits per heavy atom. The molecule has 0 spiro atoms. The van der Waals surface area contributed by atoms with E-state index in [0.717, 1.165) is 31.4 Å². The van der Waals surface area contributed by atoms with Gasteiger partial charge in [-0.2, -0.15) is 0 Å². The van der Waals surface area contributed by atoms with Crippen molar-refractivity contribution in [3.63, 3.8) is 0 Å². The van der Waals surface area contributed by atoms with E-state index in [0.29, 0.717) is 12.6 Å². The van der Waals surface area contributed by atoms with Gasteiger partial charge < -0.3 is 5.32 Å². The van der Waals surface area contributed by atoms with E-state index in [1.54, 1.807) is 6.20 Å². The molecule has 0 radical (unpaired) electrons. The molecule has 0 saturated carbocycles. The zero-order chi connectivity index (χ0) is 13.5. The van der Waals surface area contributed by atoms with Crippen LogP contribution >= 0.6 is 0 Å². The molecule has 3 N–H and O–H groups in total. The number of pyridine rings is 1. The first kappa shape index (κ1) is 14.0. The standard InChI is InChI=1S/C14H22N4O/c1-2-5-12-10-13(18-17-12)14(19)16-9-7-11-6-3-4-8-15-11/h3-4,6,8,12-13,17-18H,2,5,7,9-10H2,1H3,(H,16,19). The van der Waals surface area contributed by atoms with Crippen molar-refractivity contribution in [2.75, 3.05) is 6.54 Å². The van der Waals surface area contributed by atoms with Gasteiger partial charge in [-0.3, -0.25) is 15.2 Å². The number of amides is 1. The molecule has 1 fully saturated rings. The number of carbonyl (C=O) groups is 1. The van der Waals surface area contributed by atoms with Gasteiger partial charge in [0.05, 0.1) is 0 Å². The lowest BCUT2D eigenvalue weighted by molar-refractivity contribution is -0.122. The number of hydrogen-bond acceptors (Lipinski definition) is 4. The van der Waals surface area contributed by atoms with Gasteiger partial charge in [0.1, 0.15) is 6.04 Å². The summed E-state index contributed by atoms with van der Waals surface area (Å²) >= 11 is 0. The van der Waals surface area contributed by atoms with Crippen LogP contribution in [0.4, 0.5) is 0 Å². The van der Waals surface area contributed by atoms with Gasteiger partial charge in [0.15, 0.2) is 0 Å². The maximum Gasteiger partial charge on any atom is 0.238 e. The first-order chi connectivity index (χ1) is 9.29. The molecule has 1 aromatic rings. The summed E-state index contributed by atoms with van der Waals surface area (Å²) in [5, 5.41) is 2.95. The molecule has 1 aliphatic heterocycles. The normalized spacial score (nSPS) is 22.4. The maximum atomic E-state index is 12.0. The molecule has 0 aromatic carbocycles.